The smallest absolute Gasteiger partial charge is 0.186 e. The summed E-state index contributed by atoms with van der Waals surface area (Å²) in [7, 11) is 0. The van der Waals surface area contributed by atoms with Gasteiger partial charge >= 0.3 is 0 Å². The quantitative estimate of drug-likeness (QED) is 0.566. The maximum atomic E-state index is 11.6. The Kier molecular flexibility index (Phi) is 1.88. The van der Waals surface area contributed by atoms with Gasteiger partial charge in [0.15, 0.2) is 5.78 Å². The predicted molar refractivity (Wildman–Crippen MR) is 52.5 cm³/mol. The lowest BCUT2D eigenvalue weighted by molar-refractivity contribution is -0.114. The minimum absolute atomic E-state index is 0.109. The summed E-state index contributed by atoms with van der Waals surface area (Å²) in [6.45, 7) is 10.9. The van der Waals surface area contributed by atoms with Crippen molar-refractivity contribution in [3.63, 3.8) is 0 Å². The predicted octanol–water partition coefficient (Wildman–Crippen LogP) is 1.53. The molecule has 13 heavy (non-hydrogen) atoms. The maximum Gasteiger partial charge on any atom is 0.186 e. The summed E-state index contributed by atoms with van der Waals surface area (Å²) in [6, 6.07) is 0.598. The second kappa shape index (κ2) is 2.81. The van der Waals surface area contributed by atoms with Gasteiger partial charge in [-0.2, -0.15) is 0 Å². The molecule has 2 aliphatic rings. The number of rotatable bonds is 1. The molecule has 2 nitrogen and oxygen atoms in total. The second-order valence-electron chi connectivity index (χ2n) is 3.82. The molecule has 2 aliphatic heterocycles. The van der Waals surface area contributed by atoms with Gasteiger partial charge < -0.3 is 0 Å². The fourth-order valence-electron chi connectivity index (χ4n) is 2.56. The van der Waals surface area contributed by atoms with Gasteiger partial charge in [0.05, 0.1) is 0 Å². The van der Waals surface area contributed by atoms with Crippen molar-refractivity contribution >= 4 is 5.78 Å². The van der Waals surface area contributed by atoms with Crippen LogP contribution in [0, 0.1) is 0 Å². The van der Waals surface area contributed by atoms with Crippen LogP contribution < -0.4 is 0 Å². The summed E-state index contributed by atoms with van der Waals surface area (Å²) in [5.41, 5.74) is 1.50. The summed E-state index contributed by atoms with van der Waals surface area (Å²) < 4.78 is 0. The van der Waals surface area contributed by atoms with Gasteiger partial charge in [0.1, 0.15) is 0 Å². The number of carbonyl (C=O) groups is 1. The zero-order valence-corrected chi connectivity index (χ0v) is 8.05. The molecule has 0 N–H and O–H groups in total. The number of likely N-dealkylation sites (N-methyl/N-ethyl adjacent to an activating group) is 1. The van der Waals surface area contributed by atoms with Crippen molar-refractivity contribution in [2.75, 3.05) is 6.54 Å². The first kappa shape index (κ1) is 8.70. The minimum Gasteiger partial charge on any atom is -0.289 e. The highest BCUT2D eigenvalue weighted by Gasteiger charge is 2.43. The molecule has 0 radical (unpaired) electrons. The molecule has 70 valence electrons. The molecule has 0 saturated carbocycles. The lowest BCUT2D eigenvalue weighted by atomic mass is 9.93. The summed E-state index contributed by atoms with van der Waals surface area (Å²) in [6.07, 6.45) is 2.14. The van der Waals surface area contributed by atoms with Gasteiger partial charge in [-0.25, -0.2) is 0 Å². The van der Waals surface area contributed by atoms with Crippen molar-refractivity contribution in [2.45, 2.75) is 31.8 Å². The van der Waals surface area contributed by atoms with Gasteiger partial charge in [-0.15, -0.1) is 0 Å². The molecule has 2 unspecified atom stereocenters. The molecule has 0 aromatic rings. The zero-order chi connectivity index (χ0) is 9.59. The third-order valence-electron chi connectivity index (χ3n) is 3.27. The van der Waals surface area contributed by atoms with Crippen molar-refractivity contribution in [1.29, 1.82) is 0 Å². The normalized spacial score (nSPS) is 34.4. The van der Waals surface area contributed by atoms with E-state index in [4.69, 9.17) is 0 Å². The number of nitrogens with zero attached hydrogens (tertiary/aromatic N) is 1. The highest BCUT2D eigenvalue weighted by molar-refractivity contribution is 6.10. The molecular weight excluding hydrogens is 162 g/mol. The number of ketones is 1. The summed E-state index contributed by atoms with van der Waals surface area (Å²) in [5.74, 6) is 0.109. The maximum absolute atomic E-state index is 11.6. The zero-order valence-electron chi connectivity index (χ0n) is 8.05. The fourth-order valence-corrected chi connectivity index (χ4v) is 2.56. The number of fused-ring (bicyclic) bond motifs is 2. The number of carbonyl (C=O) groups excluding carboxylic acids is 1. The Morgan fingerprint density at radius 2 is 1.77 bits per heavy atom. The van der Waals surface area contributed by atoms with Gasteiger partial charge in [0.2, 0.25) is 0 Å². The molecule has 2 bridgehead atoms. The van der Waals surface area contributed by atoms with E-state index in [1.807, 2.05) is 0 Å². The van der Waals surface area contributed by atoms with Crippen molar-refractivity contribution in [3.05, 3.63) is 24.3 Å². The van der Waals surface area contributed by atoms with Crippen LogP contribution in [0.2, 0.25) is 0 Å². The van der Waals surface area contributed by atoms with Gasteiger partial charge in [0, 0.05) is 23.2 Å². The van der Waals surface area contributed by atoms with Crippen LogP contribution in [0.4, 0.5) is 0 Å². The lowest BCUT2D eigenvalue weighted by Gasteiger charge is -2.35. The molecule has 2 heteroatoms. The van der Waals surface area contributed by atoms with E-state index in [1.54, 1.807) is 0 Å². The monoisotopic (exact) mass is 177 g/mol. The van der Waals surface area contributed by atoms with Crippen molar-refractivity contribution in [3.8, 4) is 0 Å². The van der Waals surface area contributed by atoms with Gasteiger partial charge in [-0.3, -0.25) is 9.69 Å². The molecule has 0 amide bonds. The first-order valence-electron chi connectivity index (χ1n) is 4.84. The largest absolute Gasteiger partial charge is 0.289 e. The van der Waals surface area contributed by atoms with E-state index < -0.39 is 0 Å². The Morgan fingerprint density at radius 1 is 1.31 bits per heavy atom. The van der Waals surface area contributed by atoms with Gasteiger partial charge in [0.25, 0.3) is 0 Å². The van der Waals surface area contributed by atoms with E-state index in [0.29, 0.717) is 12.1 Å². The molecule has 0 spiro atoms. The Balaban J connectivity index is 2.37. The van der Waals surface area contributed by atoms with Crippen LogP contribution in [0.25, 0.3) is 0 Å². The van der Waals surface area contributed by atoms with E-state index in [9.17, 15) is 4.79 Å². The second-order valence-corrected chi connectivity index (χ2v) is 3.82. The van der Waals surface area contributed by atoms with Crippen LogP contribution in [0.5, 0.6) is 0 Å². The Morgan fingerprint density at radius 3 is 2.15 bits per heavy atom. The average molecular weight is 177 g/mol. The summed E-state index contributed by atoms with van der Waals surface area (Å²) in [4.78, 5) is 14.0. The van der Waals surface area contributed by atoms with Crippen LogP contribution in [0.15, 0.2) is 24.3 Å². The number of hydrogen-bond donors (Lipinski definition) is 0. The van der Waals surface area contributed by atoms with E-state index in [1.165, 1.54) is 0 Å². The SMILES string of the molecule is C=C1C(=O)C(=C)C2CCC1N2CC. The van der Waals surface area contributed by atoms with Crippen molar-refractivity contribution in [1.82, 2.24) is 4.90 Å². The molecule has 2 atom stereocenters. The van der Waals surface area contributed by atoms with Crippen LogP contribution >= 0.6 is 0 Å². The van der Waals surface area contributed by atoms with Crippen molar-refractivity contribution < 1.29 is 4.79 Å². The molecule has 2 saturated heterocycles. The standard InChI is InChI=1S/C11H15NO/c1-4-12-9-5-6-10(12)8(3)11(13)7(9)2/h9-10H,2-6H2,1H3. The Labute approximate surface area is 78.9 Å². The van der Waals surface area contributed by atoms with E-state index in [0.717, 1.165) is 30.5 Å². The van der Waals surface area contributed by atoms with E-state index in [-0.39, 0.29) is 5.78 Å². The van der Waals surface area contributed by atoms with Crippen LogP contribution in [0.1, 0.15) is 19.8 Å². The molecule has 0 aromatic heterocycles. The highest BCUT2D eigenvalue weighted by Crippen LogP contribution is 2.38. The Hall–Kier alpha value is -0.890. The molecule has 2 rings (SSSR count). The number of piperidine rings is 1. The third-order valence-corrected chi connectivity index (χ3v) is 3.27. The molecule has 0 aliphatic carbocycles. The molecule has 2 heterocycles. The third kappa shape index (κ3) is 1.02. The molecule has 0 aromatic carbocycles. The summed E-state index contributed by atoms with van der Waals surface area (Å²) >= 11 is 0. The number of Topliss-reactive ketones (excluding diaryl/α,β-unsaturated/α-hetero) is 1. The van der Waals surface area contributed by atoms with Crippen LogP contribution in [-0.4, -0.2) is 29.3 Å². The van der Waals surface area contributed by atoms with Gasteiger partial charge in [-0.05, 0) is 19.4 Å². The van der Waals surface area contributed by atoms with Crippen LogP contribution in [0.3, 0.4) is 0 Å². The topological polar surface area (TPSA) is 20.3 Å². The summed E-state index contributed by atoms with van der Waals surface area (Å²) in [5, 5.41) is 0. The lowest BCUT2D eigenvalue weighted by Crippen LogP contribution is -2.45. The Bertz CT molecular complexity index is 266. The average Bonchev–Trinajstić information content (AvgIpc) is 2.52. The molecule has 2 fully saturated rings. The highest BCUT2D eigenvalue weighted by atomic mass is 16.1. The first-order chi connectivity index (χ1) is 6.16. The van der Waals surface area contributed by atoms with E-state index in [2.05, 4.69) is 25.0 Å². The fraction of sp³-hybridized carbons (Fsp3) is 0.545. The first-order valence-corrected chi connectivity index (χ1v) is 4.84. The number of hydrogen-bond acceptors (Lipinski definition) is 2. The minimum atomic E-state index is 0.109. The van der Waals surface area contributed by atoms with E-state index >= 15 is 0 Å². The molecular formula is C11H15NO. The van der Waals surface area contributed by atoms with Crippen LogP contribution in [-0.2, 0) is 4.79 Å². The van der Waals surface area contributed by atoms with Gasteiger partial charge in [-0.1, -0.05) is 20.1 Å². The van der Waals surface area contributed by atoms with Crippen molar-refractivity contribution in [2.24, 2.45) is 0 Å².